The lowest BCUT2D eigenvalue weighted by molar-refractivity contribution is 0.102. The second kappa shape index (κ2) is 7.51. The number of nitrogens with zero attached hydrogens (tertiary/aromatic N) is 2. The number of rotatable bonds is 6. The van der Waals surface area contributed by atoms with Crippen LogP contribution in [0.3, 0.4) is 0 Å². The topological polar surface area (TPSA) is 77.2 Å². The van der Waals surface area contributed by atoms with Gasteiger partial charge in [-0.25, -0.2) is 9.97 Å². The molecule has 1 aliphatic rings. The highest BCUT2D eigenvalue weighted by Crippen LogP contribution is 2.31. The summed E-state index contributed by atoms with van der Waals surface area (Å²) in [7, 11) is 0. The van der Waals surface area contributed by atoms with Crippen molar-refractivity contribution in [3.63, 3.8) is 0 Å². The fourth-order valence-corrected chi connectivity index (χ4v) is 4.31. The number of hydrogen-bond acceptors (Lipinski definition) is 7. The highest BCUT2D eigenvalue weighted by atomic mass is 32.2. The molecule has 0 saturated heterocycles. The van der Waals surface area contributed by atoms with E-state index in [4.69, 9.17) is 9.15 Å². The third-order valence-electron chi connectivity index (χ3n) is 3.94. The van der Waals surface area contributed by atoms with E-state index in [1.165, 1.54) is 11.3 Å². The zero-order valence-corrected chi connectivity index (χ0v) is 15.8. The van der Waals surface area contributed by atoms with Crippen LogP contribution in [0.15, 0.2) is 39.2 Å². The summed E-state index contributed by atoms with van der Waals surface area (Å²) in [6, 6.07) is 5.51. The molecule has 3 heterocycles. The molecule has 134 valence electrons. The number of benzene rings is 1. The summed E-state index contributed by atoms with van der Waals surface area (Å²) in [6.45, 7) is 2.71. The van der Waals surface area contributed by atoms with Gasteiger partial charge in [-0.3, -0.25) is 10.1 Å². The van der Waals surface area contributed by atoms with E-state index in [9.17, 15) is 4.79 Å². The van der Waals surface area contributed by atoms with E-state index in [-0.39, 0.29) is 5.91 Å². The van der Waals surface area contributed by atoms with Gasteiger partial charge in [-0.2, -0.15) is 0 Å². The first-order chi connectivity index (χ1) is 12.7. The molecule has 3 aromatic rings. The molecular weight excluding hydrogens is 370 g/mol. The van der Waals surface area contributed by atoms with Crippen LogP contribution < -0.4 is 10.1 Å². The maximum absolute atomic E-state index is 12.4. The fourth-order valence-electron chi connectivity index (χ4n) is 2.59. The zero-order chi connectivity index (χ0) is 17.9. The molecule has 2 aromatic heterocycles. The van der Waals surface area contributed by atoms with Crippen molar-refractivity contribution < 1.29 is 13.9 Å². The van der Waals surface area contributed by atoms with E-state index in [2.05, 4.69) is 15.3 Å². The van der Waals surface area contributed by atoms with Crippen molar-refractivity contribution in [3.8, 4) is 5.75 Å². The third-order valence-corrected chi connectivity index (χ3v) is 6.04. The second-order valence-corrected chi connectivity index (χ2v) is 8.03. The maximum atomic E-state index is 12.4. The van der Waals surface area contributed by atoms with Crippen LogP contribution in [-0.2, 0) is 18.6 Å². The normalized spacial score (nSPS) is 12.7. The molecule has 0 saturated carbocycles. The van der Waals surface area contributed by atoms with Gasteiger partial charge in [0.25, 0.3) is 5.91 Å². The smallest absolute Gasteiger partial charge is 0.257 e. The molecular formula is C18H17N3O3S2. The van der Waals surface area contributed by atoms with Gasteiger partial charge in [0, 0.05) is 18.4 Å². The van der Waals surface area contributed by atoms with Crippen LogP contribution in [0.2, 0.25) is 0 Å². The van der Waals surface area contributed by atoms with Crippen molar-refractivity contribution in [2.75, 3.05) is 11.9 Å². The number of nitrogens with one attached hydrogen (secondary N) is 1. The second-order valence-electron chi connectivity index (χ2n) is 5.72. The van der Waals surface area contributed by atoms with Gasteiger partial charge in [-0.15, -0.1) is 11.8 Å². The molecule has 0 atom stereocenters. The molecule has 1 amide bonds. The van der Waals surface area contributed by atoms with E-state index >= 15 is 0 Å². The molecule has 8 heteroatoms. The van der Waals surface area contributed by atoms with Gasteiger partial charge >= 0.3 is 0 Å². The molecule has 1 N–H and O–H groups in total. The average molecular weight is 387 g/mol. The van der Waals surface area contributed by atoms with E-state index in [0.29, 0.717) is 28.9 Å². The van der Waals surface area contributed by atoms with Gasteiger partial charge in [-0.05, 0) is 23.8 Å². The first kappa shape index (κ1) is 17.1. The predicted octanol–water partition coefficient (Wildman–Crippen LogP) is 4.17. The molecule has 0 unspecified atom stereocenters. The largest absolute Gasteiger partial charge is 0.493 e. The number of carbonyl (C=O) groups is 1. The van der Waals surface area contributed by atoms with Gasteiger partial charge in [0.2, 0.25) is 5.89 Å². The van der Waals surface area contributed by atoms with E-state index in [1.54, 1.807) is 30.2 Å². The minimum atomic E-state index is -0.161. The number of carbonyl (C=O) groups excluding carboxylic acids is 1. The highest BCUT2D eigenvalue weighted by Gasteiger charge is 2.16. The number of oxazole rings is 1. The summed E-state index contributed by atoms with van der Waals surface area (Å²) in [4.78, 5) is 20.9. The first-order valence-electron chi connectivity index (χ1n) is 8.30. The lowest BCUT2D eigenvalue weighted by Crippen LogP contribution is -2.11. The molecule has 1 aromatic carbocycles. The number of ether oxygens (including phenoxy) is 1. The molecule has 0 fully saturated rings. The van der Waals surface area contributed by atoms with Gasteiger partial charge in [0.15, 0.2) is 5.13 Å². The third kappa shape index (κ3) is 3.76. The van der Waals surface area contributed by atoms with Gasteiger partial charge in [0.1, 0.15) is 11.5 Å². The summed E-state index contributed by atoms with van der Waals surface area (Å²) in [5, 5.41) is 3.44. The van der Waals surface area contributed by atoms with Crippen molar-refractivity contribution in [1.82, 2.24) is 9.97 Å². The maximum Gasteiger partial charge on any atom is 0.257 e. The van der Waals surface area contributed by atoms with Crippen LogP contribution in [0.1, 0.15) is 34.5 Å². The Kier molecular flexibility index (Phi) is 4.94. The monoisotopic (exact) mass is 387 g/mol. The van der Waals surface area contributed by atoms with Crippen LogP contribution in [0.5, 0.6) is 5.75 Å². The van der Waals surface area contributed by atoms with Gasteiger partial charge < -0.3 is 9.15 Å². The van der Waals surface area contributed by atoms with Crippen molar-refractivity contribution in [1.29, 1.82) is 0 Å². The summed E-state index contributed by atoms with van der Waals surface area (Å²) in [5.74, 6) is 2.93. The molecule has 0 bridgehead atoms. The Labute approximate surface area is 159 Å². The SMILES string of the molecule is CCc1cnc(CSc2cnc(NC(=O)c3ccc4c(c3)CCO4)s2)o1. The minimum Gasteiger partial charge on any atom is -0.493 e. The quantitative estimate of drug-likeness (QED) is 0.640. The van der Waals surface area contributed by atoms with Crippen molar-refractivity contribution in [2.45, 2.75) is 29.7 Å². The number of amides is 1. The van der Waals surface area contributed by atoms with E-state index in [0.717, 1.165) is 34.1 Å². The Morgan fingerprint density at radius 1 is 1.35 bits per heavy atom. The van der Waals surface area contributed by atoms with Crippen LogP contribution in [0, 0.1) is 0 Å². The molecule has 1 aliphatic heterocycles. The molecule has 0 radical (unpaired) electrons. The number of thioether (sulfide) groups is 1. The number of anilines is 1. The highest BCUT2D eigenvalue weighted by molar-refractivity contribution is 8.00. The Morgan fingerprint density at radius 3 is 3.12 bits per heavy atom. The molecule has 6 nitrogen and oxygen atoms in total. The predicted molar refractivity (Wildman–Crippen MR) is 101 cm³/mol. The Morgan fingerprint density at radius 2 is 2.27 bits per heavy atom. The zero-order valence-electron chi connectivity index (χ0n) is 14.2. The van der Waals surface area contributed by atoms with Crippen molar-refractivity contribution in [3.05, 3.63) is 53.4 Å². The summed E-state index contributed by atoms with van der Waals surface area (Å²) in [6.07, 6.45) is 5.19. The molecule has 26 heavy (non-hydrogen) atoms. The Bertz CT molecular complexity index is 935. The minimum absolute atomic E-state index is 0.161. The molecule has 0 aliphatic carbocycles. The van der Waals surface area contributed by atoms with Crippen molar-refractivity contribution in [2.24, 2.45) is 0 Å². The molecule has 0 spiro atoms. The van der Waals surface area contributed by atoms with Crippen LogP contribution >= 0.6 is 23.1 Å². The van der Waals surface area contributed by atoms with Gasteiger partial charge in [0.05, 0.1) is 29.0 Å². The standard InChI is InChI=1S/C18H17N3O3S2/c1-2-13-8-19-15(24-13)10-25-16-9-20-18(26-16)21-17(22)12-3-4-14-11(7-12)5-6-23-14/h3-4,7-9H,2,5-6,10H2,1H3,(H,20,21,22). The summed E-state index contributed by atoms with van der Waals surface area (Å²) < 4.78 is 12.1. The van der Waals surface area contributed by atoms with Crippen molar-refractivity contribution >= 4 is 34.1 Å². The fraction of sp³-hybridized carbons (Fsp3) is 0.278. The average Bonchev–Trinajstić information content (AvgIpc) is 3.39. The number of fused-ring (bicyclic) bond motifs is 1. The van der Waals surface area contributed by atoms with Crippen LogP contribution in [-0.4, -0.2) is 22.5 Å². The Balaban J connectivity index is 1.36. The number of thiazole rings is 1. The van der Waals surface area contributed by atoms with Crippen LogP contribution in [0.25, 0.3) is 0 Å². The summed E-state index contributed by atoms with van der Waals surface area (Å²) >= 11 is 3.03. The molecule has 4 rings (SSSR count). The lowest BCUT2D eigenvalue weighted by Gasteiger charge is -2.04. The summed E-state index contributed by atoms with van der Waals surface area (Å²) in [5.41, 5.74) is 1.69. The number of aryl methyl sites for hydroxylation is 1. The van der Waals surface area contributed by atoms with Gasteiger partial charge in [-0.1, -0.05) is 18.3 Å². The Hall–Kier alpha value is -2.32. The first-order valence-corrected chi connectivity index (χ1v) is 10.1. The van der Waals surface area contributed by atoms with Crippen LogP contribution in [0.4, 0.5) is 5.13 Å². The number of hydrogen-bond donors (Lipinski definition) is 1. The lowest BCUT2D eigenvalue weighted by atomic mass is 10.1. The number of aromatic nitrogens is 2. The van der Waals surface area contributed by atoms with E-state index < -0.39 is 0 Å². The van der Waals surface area contributed by atoms with E-state index in [1.807, 2.05) is 19.1 Å².